The maximum Gasteiger partial charge on any atom is 0.224 e. The fourth-order valence-electron chi connectivity index (χ4n) is 2.01. The highest BCUT2D eigenvalue weighted by molar-refractivity contribution is 7.35. The fraction of sp³-hybridized carbons (Fsp3) is 0.154. The lowest BCUT2D eigenvalue weighted by atomic mass is 10.1. The lowest BCUT2D eigenvalue weighted by molar-refractivity contribution is 1.05. The maximum atomic E-state index is 6.02. The highest BCUT2D eigenvalue weighted by Crippen LogP contribution is 2.23. The molecule has 2 heterocycles. The molecule has 1 unspecified atom stereocenters. The van der Waals surface area contributed by atoms with E-state index in [9.17, 15) is 0 Å². The van der Waals surface area contributed by atoms with Crippen molar-refractivity contribution in [3.63, 3.8) is 0 Å². The Hall–Kier alpha value is -1.51. The minimum absolute atomic E-state index is 0.276. The second-order valence-electron chi connectivity index (χ2n) is 4.11. The molecular weight excluding hydrogens is 279 g/mol. The minimum atomic E-state index is 0.276. The van der Waals surface area contributed by atoms with Crippen molar-refractivity contribution in [1.82, 2.24) is 19.3 Å². The molecule has 96 valence electrons. The summed E-state index contributed by atoms with van der Waals surface area (Å²) in [5, 5.41) is 0.276. The van der Waals surface area contributed by atoms with Crippen molar-refractivity contribution in [2.75, 3.05) is 6.66 Å². The van der Waals surface area contributed by atoms with E-state index in [1.807, 2.05) is 22.5 Å². The molecule has 0 aliphatic carbocycles. The summed E-state index contributed by atoms with van der Waals surface area (Å²) in [5.41, 5.74) is 3.71. The monoisotopic (exact) mass is 290 g/mol. The van der Waals surface area contributed by atoms with E-state index in [0.29, 0.717) is 15.2 Å². The molecule has 19 heavy (non-hydrogen) atoms. The first-order valence-electron chi connectivity index (χ1n) is 5.89. The third-order valence-electron chi connectivity index (χ3n) is 2.90. The SMILES string of the molecule is CPn1cnc2c(Cc3ccccc3)nc(Cl)nc21. The summed E-state index contributed by atoms with van der Waals surface area (Å²) in [6.07, 6.45) is 2.51. The second-order valence-corrected chi connectivity index (χ2v) is 5.38. The number of halogens is 1. The lowest BCUT2D eigenvalue weighted by Gasteiger charge is -2.04. The third-order valence-corrected chi connectivity index (χ3v) is 3.87. The highest BCUT2D eigenvalue weighted by Gasteiger charge is 2.12. The molecule has 0 radical (unpaired) electrons. The summed E-state index contributed by atoms with van der Waals surface area (Å²) >= 11 is 6.02. The van der Waals surface area contributed by atoms with Crippen molar-refractivity contribution in [2.24, 2.45) is 0 Å². The van der Waals surface area contributed by atoms with Crippen LogP contribution >= 0.6 is 20.3 Å². The zero-order chi connectivity index (χ0) is 13.2. The van der Waals surface area contributed by atoms with Gasteiger partial charge in [0.15, 0.2) is 5.65 Å². The Balaban J connectivity index is 2.10. The molecule has 0 aliphatic heterocycles. The molecule has 1 atom stereocenters. The van der Waals surface area contributed by atoms with Gasteiger partial charge in [-0.05, 0) is 32.6 Å². The molecule has 6 heteroatoms. The van der Waals surface area contributed by atoms with Crippen LogP contribution in [-0.4, -0.2) is 26.0 Å². The van der Waals surface area contributed by atoms with Crippen LogP contribution in [0.3, 0.4) is 0 Å². The van der Waals surface area contributed by atoms with Crippen molar-refractivity contribution < 1.29 is 0 Å². The molecule has 0 N–H and O–H groups in total. The predicted molar refractivity (Wildman–Crippen MR) is 79.2 cm³/mol. The Bertz CT molecular complexity index is 711. The van der Waals surface area contributed by atoms with Crippen LogP contribution in [0.25, 0.3) is 11.2 Å². The van der Waals surface area contributed by atoms with Gasteiger partial charge >= 0.3 is 0 Å². The summed E-state index contributed by atoms with van der Waals surface area (Å²) in [6.45, 7) is 2.08. The first kappa shape index (κ1) is 12.5. The van der Waals surface area contributed by atoms with Crippen molar-refractivity contribution in [3.05, 3.63) is 53.2 Å². The molecule has 0 saturated carbocycles. The lowest BCUT2D eigenvalue weighted by Crippen LogP contribution is -1.97. The van der Waals surface area contributed by atoms with Gasteiger partial charge in [-0.25, -0.2) is 9.97 Å². The van der Waals surface area contributed by atoms with Crippen molar-refractivity contribution in [1.29, 1.82) is 0 Å². The summed E-state index contributed by atoms with van der Waals surface area (Å²) in [6, 6.07) is 10.2. The van der Waals surface area contributed by atoms with E-state index in [2.05, 4.69) is 33.7 Å². The van der Waals surface area contributed by atoms with Crippen LogP contribution in [-0.2, 0) is 6.42 Å². The quantitative estimate of drug-likeness (QED) is 0.550. The largest absolute Gasteiger partial charge is 0.297 e. The number of benzene rings is 1. The van der Waals surface area contributed by atoms with Gasteiger partial charge in [0, 0.05) is 6.42 Å². The van der Waals surface area contributed by atoms with Crippen LogP contribution in [0.2, 0.25) is 5.28 Å². The Kier molecular flexibility index (Phi) is 3.45. The maximum absolute atomic E-state index is 6.02. The van der Waals surface area contributed by atoms with Gasteiger partial charge in [0.05, 0.1) is 5.69 Å². The van der Waals surface area contributed by atoms with E-state index in [4.69, 9.17) is 11.6 Å². The minimum Gasteiger partial charge on any atom is -0.297 e. The Morgan fingerprint density at radius 3 is 2.74 bits per heavy atom. The molecule has 0 fully saturated rings. The molecule has 2 aromatic heterocycles. The third kappa shape index (κ3) is 2.46. The van der Waals surface area contributed by atoms with E-state index >= 15 is 0 Å². The predicted octanol–water partition coefficient (Wildman–Crippen LogP) is 3.14. The average molecular weight is 291 g/mol. The molecule has 1 aromatic carbocycles. The first-order chi connectivity index (χ1) is 9.28. The second kappa shape index (κ2) is 5.24. The molecule has 4 nitrogen and oxygen atoms in total. The number of fused-ring (bicyclic) bond motifs is 1. The zero-order valence-electron chi connectivity index (χ0n) is 10.3. The summed E-state index contributed by atoms with van der Waals surface area (Å²) in [4.78, 5) is 13.0. The van der Waals surface area contributed by atoms with Gasteiger partial charge < -0.3 is 0 Å². The Labute approximate surface area is 117 Å². The topological polar surface area (TPSA) is 43.6 Å². The number of imidazole rings is 1. The molecule has 0 aliphatic rings. The van der Waals surface area contributed by atoms with Gasteiger partial charge in [-0.1, -0.05) is 30.3 Å². The molecule has 0 amide bonds. The molecule has 3 rings (SSSR count). The van der Waals surface area contributed by atoms with E-state index in [0.717, 1.165) is 16.9 Å². The van der Waals surface area contributed by atoms with E-state index < -0.39 is 0 Å². The number of nitrogens with zero attached hydrogens (tertiary/aromatic N) is 4. The van der Waals surface area contributed by atoms with Crippen LogP contribution in [0.1, 0.15) is 11.3 Å². The molecule has 0 bridgehead atoms. The smallest absolute Gasteiger partial charge is 0.224 e. The van der Waals surface area contributed by atoms with Crippen molar-refractivity contribution in [2.45, 2.75) is 6.42 Å². The number of aromatic nitrogens is 4. The standard InChI is InChI=1S/C13H12ClN4P/c1-19-18-8-15-11-10(16-13(14)17-12(11)18)7-9-5-3-2-4-6-9/h2-6,8,19H,7H2,1H3. The van der Waals surface area contributed by atoms with E-state index in [1.165, 1.54) is 5.56 Å². The Morgan fingerprint density at radius 2 is 2.00 bits per heavy atom. The van der Waals surface area contributed by atoms with Crippen LogP contribution in [0.15, 0.2) is 36.7 Å². The molecule has 0 saturated heterocycles. The first-order valence-corrected chi connectivity index (χ1v) is 7.71. The fourth-order valence-corrected chi connectivity index (χ4v) is 2.73. The number of hydrogen-bond acceptors (Lipinski definition) is 3. The van der Waals surface area contributed by atoms with Gasteiger partial charge in [0.25, 0.3) is 0 Å². The normalized spacial score (nSPS) is 11.7. The van der Waals surface area contributed by atoms with Crippen LogP contribution in [0, 0.1) is 0 Å². The van der Waals surface area contributed by atoms with Crippen LogP contribution in [0.5, 0.6) is 0 Å². The summed E-state index contributed by atoms with van der Waals surface area (Å²) in [7, 11) is 0.574. The van der Waals surface area contributed by atoms with E-state index in [-0.39, 0.29) is 5.28 Å². The van der Waals surface area contributed by atoms with Crippen LogP contribution < -0.4 is 0 Å². The molecule has 3 aromatic rings. The average Bonchev–Trinajstić information content (AvgIpc) is 2.83. The van der Waals surface area contributed by atoms with Gasteiger partial charge in [-0.15, -0.1) is 0 Å². The van der Waals surface area contributed by atoms with Gasteiger partial charge in [0.1, 0.15) is 11.8 Å². The molecular formula is C13H12ClN4P. The highest BCUT2D eigenvalue weighted by atomic mass is 35.5. The van der Waals surface area contributed by atoms with E-state index in [1.54, 1.807) is 6.33 Å². The molecule has 0 spiro atoms. The number of rotatable bonds is 3. The van der Waals surface area contributed by atoms with Crippen molar-refractivity contribution >= 4 is 31.5 Å². The summed E-state index contributed by atoms with van der Waals surface area (Å²) < 4.78 is 2.00. The summed E-state index contributed by atoms with van der Waals surface area (Å²) in [5.74, 6) is 0. The van der Waals surface area contributed by atoms with Gasteiger partial charge in [-0.3, -0.25) is 4.34 Å². The number of hydrogen-bond donors (Lipinski definition) is 0. The zero-order valence-corrected chi connectivity index (χ0v) is 12.1. The van der Waals surface area contributed by atoms with Gasteiger partial charge in [-0.2, -0.15) is 4.98 Å². The van der Waals surface area contributed by atoms with Crippen LogP contribution in [0.4, 0.5) is 0 Å². The Morgan fingerprint density at radius 1 is 1.21 bits per heavy atom. The van der Waals surface area contributed by atoms with Gasteiger partial charge in [0.2, 0.25) is 5.28 Å². The van der Waals surface area contributed by atoms with Crippen molar-refractivity contribution in [3.8, 4) is 0 Å².